The molecule has 0 fully saturated rings. The van der Waals surface area contributed by atoms with E-state index in [1.807, 2.05) is 0 Å². The fraction of sp³-hybridized carbons (Fsp3) is 0.263. The summed E-state index contributed by atoms with van der Waals surface area (Å²) in [5, 5.41) is 10.9. The van der Waals surface area contributed by atoms with Gasteiger partial charge in [-0.05, 0) is 25.1 Å². The van der Waals surface area contributed by atoms with E-state index in [1.165, 1.54) is 33.6 Å². The Kier molecular flexibility index (Phi) is 7.47. The van der Waals surface area contributed by atoms with Crippen molar-refractivity contribution in [2.75, 3.05) is 26.6 Å². The molecule has 0 saturated carbocycles. The molecule has 31 heavy (non-hydrogen) atoms. The van der Waals surface area contributed by atoms with Crippen LogP contribution in [0.5, 0.6) is 17.2 Å². The van der Waals surface area contributed by atoms with Gasteiger partial charge in [0.05, 0.1) is 36.6 Å². The molecule has 9 nitrogen and oxygen atoms in total. The van der Waals surface area contributed by atoms with E-state index in [-0.39, 0.29) is 27.9 Å². The number of benzene rings is 1. The van der Waals surface area contributed by atoms with E-state index >= 15 is 0 Å². The number of nitrogens with zero attached hydrogens (tertiary/aromatic N) is 3. The van der Waals surface area contributed by atoms with Gasteiger partial charge in [0.1, 0.15) is 0 Å². The number of nitrogens with one attached hydrogen (secondary N) is 1. The molecule has 0 radical (unpaired) electrons. The zero-order valence-electron chi connectivity index (χ0n) is 16.9. The highest BCUT2D eigenvalue weighted by molar-refractivity contribution is 8.00. The molecule has 0 aliphatic carbocycles. The Balaban J connectivity index is 1.74. The van der Waals surface area contributed by atoms with Crippen molar-refractivity contribution in [1.29, 1.82) is 0 Å². The van der Waals surface area contributed by atoms with Crippen LogP contribution in [0, 0.1) is 0 Å². The van der Waals surface area contributed by atoms with Crippen LogP contribution in [-0.4, -0.2) is 47.7 Å². The summed E-state index contributed by atoms with van der Waals surface area (Å²) in [7, 11) is 4.54. The van der Waals surface area contributed by atoms with Gasteiger partial charge in [-0.25, -0.2) is 4.98 Å². The third kappa shape index (κ3) is 5.33. The number of pyridine rings is 1. The summed E-state index contributed by atoms with van der Waals surface area (Å²) in [5.74, 6) is 1.45. The number of methoxy groups -OCH3 is 3. The minimum Gasteiger partial charge on any atom is -0.493 e. The van der Waals surface area contributed by atoms with Crippen molar-refractivity contribution in [2.24, 2.45) is 0 Å². The highest BCUT2D eigenvalue weighted by Gasteiger charge is 2.22. The standard InChI is InChI=1S/C19H18Cl2N4O5S/c1-9(17(26)23-16-12(21)7-11(20)8-22-16)31-19-25-24-18(30-19)10-5-13(27-2)15(29-4)14(6-10)28-3/h5-9H,1-4H3,(H,22,23,26). The van der Waals surface area contributed by atoms with Gasteiger partial charge in [0.2, 0.25) is 17.5 Å². The number of halogens is 2. The van der Waals surface area contributed by atoms with Crippen molar-refractivity contribution >= 4 is 46.7 Å². The largest absolute Gasteiger partial charge is 0.493 e. The number of ether oxygens (including phenoxy) is 3. The molecule has 1 aromatic carbocycles. The highest BCUT2D eigenvalue weighted by atomic mass is 35.5. The summed E-state index contributed by atoms with van der Waals surface area (Å²) < 4.78 is 21.7. The smallest absolute Gasteiger partial charge is 0.277 e. The van der Waals surface area contributed by atoms with Gasteiger partial charge in [-0.15, -0.1) is 10.2 Å². The summed E-state index contributed by atoms with van der Waals surface area (Å²) in [6.45, 7) is 1.69. The molecule has 0 aliphatic heterocycles. The molecule has 0 bridgehead atoms. The zero-order valence-corrected chi connectivity index (χ0v) is 19.3. The Morgan fingerprint density at radius 3 is 2.35 bits per heavy atom. The first-order chi connectivity index (χ1) is 14.9. The number of hydrogen-bond acceptors (Lipinski definition) is 9. The topological polar surface area (TPSA) is 109 Å². The van der Waals surface area contributed by atoms with Crippen LogP contribution >= 0.6 is 35.0 Å². The molecule has 2 heterocycles. The lowest BCUT2D eigenvalue weighted by Crippen LogP contribution is -2.23. The lowest BCUT2D eigenvalue weighted by molar-refractivity contribution is -0.115. The molecule has 0 spiro atoms. The van der Waals surface area contributed by atoms with Crippen molar-refractivity contribution < 1.29 is 23.4 Å². The number of carbonyl (C=O) groups is 1. The van der Waals surface area contributed by atoms with Gasteiger partial charge in [0, 0.05) is 11.8 Å². The molecular weight excluding hydrogens is 467 g/mol. The van der Waals surface area contributed by atoms with Crippen LogP contribution < -0.4 is 19.5 Å². The quantitative estimate of drug-likeness (QED) is 0.459. The first-order valence-electron chi connectivity index (χ1n) is 8.78. The molecule has 1 amide bonds. The summed E-state index contributed by atoms with van der Waals surface area (Å²) in [6.07, 6.45) is 1.39. The molecule has 1 N–H and O–H groups in total. The number of amides is 1. The summed E-state index contributed by atoms with van der Waals surface area (Å²) in [4.78, 5) is 16.5. The van der Waals surface area contributed by atoms with Gasteiger partial charge in [-0.2, -0.15) is 0 Å². The number of thioether (sulfide) groups is 1. The van der Waals surface area contributed by atoms with Crippen molar-refractivity contribution in [3.63, 3.8) is 0 Å². The molecule has 3 rings (SSSR count). The van der Waals surface area contributed by atoms with E-state index < -0.39 is 5.25 Å². The van der Waals surface area contributed by atoms with Crippen molar-refractivity contribution in [3.05, 3.63) is 34.4 Å². The maximum Gasteiger partial charge on any atom is 0.277 e. The lowest BCUT2D eigenvalue weighted by Gasteiger charge is -2.12. The number of carbonyl (C=O) groups excluding carboxylic acids is 1. The Morgan fingerprint density at radius 2 is 1.77 bits per heavy atom. The number of aromatic nitrogens is 3. The molecule has 0 aliphatic rings. The SMILES string of the molecule is COc1cc(-c2nnc(SC(C)C(=O)Nc3ncc(Cl)cc3Cl)o2)cc(OC)c1OC. The van der Waals surface area contributed by atoms with Crippen molar-refractivity contribution in [3.8, 4) is 28.7 Å². The van der Waals surface area contributed by atoms with E-state index in [0.717, 1.165) is 11.8 Å². The van der Waals surface area contributed by atoms with Gasteiger partial charge in [-0.3, -0.25) is 4.79 Å². The van der Waals surface area contributed by atoms with E-state index in [2.05, 4.69) is 20.5 Å². The molecule has 1 unspecified atom stereocenters. The van der Waals surface area contributed by atoms with Crippen molar-refractivity contribution in [2.45, 2.75) is 17.4 Å². The van der Waals surface area contributed by atoms with Crippen LogP contribution in [0.15, 0.2) is 34.0 Å². The normalized spacial score (nSPS) is 11.7. The minimum atomic E-state index is -0.568. The van der Waals surface area contributed by atoms with Gasteiger partial charge in [-0.1, -0.05) is 35.0 Å². The van der Waals surface area contributed by atoms with Crippen LogP contribution in [0.25, 0.3) is 11.5 Å². The van der Waals surface area contributed by atoms with Gasteiger partial charge in [0.15, 0.2) is 17.3 Å². The first-order valence-corrected chi connectivity index (χ1v) is 10.4. The molecule has 12 heteroatoms. The van der Waals surface area contributed by atoms with Crippen molar-refractivity contribution in [1.82, 2.24) is 15.2 Å². The second-order valence-electron chi connectivity index (χ2n) is 6.02. The third-order valence-electron chi connectivity index (χ3n) is 4.01. The van der Waals surface area contributed by atoms with Crippen LogP contribution in [0.3, 0.4) is 0 Å². The predicted octanol–water partition coefficient (Wildman–Crippen LogP) is 4.58. The fourth-order valence-electron chi connectivity index (χ4n) is 2.51. The van der Waals surface area contributed by atoms with E-state index in [1.54, 1.807) is 19.1 Å². The summed E-state index contributed by atoms with van der Waals surface area (Å²) in [6, 6.07) is 4.87. The van der Waals surface area contributed by atoms with Gasteiger partial charge in [0.25, 0.3) is 5.22 Å². The highest BCUT2D eigenvalue weighted by Crippen LogP contribution is 2.41. The fourth-order valence-corrected chi connectivity index (χ4v) is 3.62. The summed E-state index contributed by atoms with van der Waals surface area (Å²) in [5.41, 5.74) is 0.572. The van der Waals surface area contributed by atoms with E-state index in [4.69, 9.17) is 41.8 Å². The summed E-state index contributed by atoms with van der Waals surface area (Å²) >= 11 is 12.9. The minimum absolute atomic E-state index is 0.210. The van der Waals surface area contributed by atoms with Gasteiger partial charge < -0.3 is 23.9 Å². The third-order valence-corrected chi connectivity index (χ3v) is 5.44. The van der Waals surface area contributed by atoms with Crippen LogP contribution in [0.1, 0.15) is 6.92 Å². The Hall–Kier alpha value is -2.69. The number of anilines is 1. The van der Waals surface area contributed by atoms with Crippen LogP contribution in [0.2, 0.25) is 10.0 Å². The lowest BCUT2D eigenvalue weighted by atomic mass is 10.2. The van der Waals surface area contributed by atoms with Crippen LogP contribution in [-0.2, 0) is 4.79 Å². The second-order valence-corrected chi connectivity index (χ2v) is 8.16. The molecule has 2 aromatic heterocycles. The molecule has 0 saturated heterocycles. The van der Waals surface area contributed by atoms with E-state index in [9.17, 15) is 4.79 Å². The van der Waals surface area contributed by atoms with Crippen LogP contribution in [0.4, 0.5) is 5.82 Å². The molecular formula is C19H18Cl2N4O5S. The second kappa shape index (κ2) is 10.1. The maximum absolute atomic E-state index is 12.5. The zero-order chi connectivity index (χ0) is 22.5. The van der Waals surface area contributed by atoms with Gasteiger partial charge >= 0.3 is 0 Å². The molecule has 1 atom stereocenters. The first kappa shape index (κ1) is 23.0. The monoisotopic (exact) mass is 484 g/mol. The molecule has 164 valence electrons. The average molecular weight is 485 g/mol. The molecule has 3 aromatic rings. The number of hydrogen-bond donors (Lipinski definition) is 1. The maximum atomic E-state index is 12.5. The number of rotatable bonds is 8. The Morgan fingerprint density at radius 1 is 1.10 bits per heavy atom. The Labute approximate surface area is 192 Å². The van der Waals surface area contributed by atoms with E-state index in [0.29, 0.717) is 27.8 Å². The average Bonchev–Trinajstić information content (AvgIpc) is 3.22. The Bertz CT molecular complexity index is 1070. The predicted molar refractivity (Wildman–Crippen MR) is 118 cm³/mol.